The van der Waals surface area contributed by atoms with Gasteiger partial charge in [-0.25, -0.2) is 4.39 Å². The minimum Gasteiger partial charge on any atom is -0.259 e. The molecule has 0 saturated carbocycles. The molecule has 1 nitrogen and oxygen atoms in total. The van der Waals surface area contributed by atoms with Gasteiger partial charge in [0, 0.05) is 16.4 Å². The SMILES string of the molecule is O=S(Cc1ccccc1F)CC(F)(F)F. The molecule has 0 fully saturated rings. The number of hydrogen-bond acceptors (Lipinski definition) is 1. The fourth-order valence-corrected chi connectivity index (χ4v) is 2.07. The second-order valence-electron chi connectivity index (χ2n) is 2.94. The number of hydrogen-bond donors (Lipinski definition) is 0. The summed E-state index contributed by atoms with van der Waals surface area (Å²) in [7, 11) is -2.12. The smallest absolute Gasteiger partial charge is 0.259 e. The van der Waals surface area contributed by atoms with E-state index in [4.69, 9.17) is 0 Å². The number of halogens is 4. The number of rotatable bonds is 3. The summed E-state index contributed by atoms with van der Waals surface area (Å²) in [6, 6.07) is 5.36. The first-order valence-corrected chi connectivity index (χ1v) is 5.52. The van der Waals surface area contributed by atoms with Gasteiger partial charge in [0.05, 0.1) is 5.75 Å². The zero-order valence-corrected chi connectivity index (χ0v) is 8.37. The van der Waals surface area contributed by atoms with Gasteiger partial charge < -0.3 is 0 Å². The fraction of sp³-hybridized carbons (Fsp3) is 0.333. The summed E-state index contributed by atoms with van der Waals surface area (Å²) in [5.41, 5.74) is 0.0417. The van der Waals surface area contributed by atoms with Gasteiger partial charge in [0.2, 0.25) is 0 Å². The highest BCUT2D eigenvalue weighted by molar-refractivity contribution is 7.84. The molecule has 0 radical (unpaired) electrons. The normalized spacial score (nSPS) is 13.9. The Labute approximate surface area is 86.6 Å². The Morgan fingerprint density at radius 3 is 2.33 bits per heavy atom. The van der Waals surface area contributed by atoms with Crippen molar-refractivity contribution < 1.29 is 21.8 Å². The van der Waals surface area contributed by atoms with Crippen LogP contribution in [0.15, 0.2) is 24.3 Å². The molecule has 1 rings (SSSR count). The Morgan fingerprint density at radius 1 is 1.20 bits per heavy atom. The second kappa shape index (κ2) is 4.74. The van der Waals surface area contributed by atoms with Crippen molar-refractivity contribution in [3.05, 3.63) is 35.6 Å². The predicted octanol–water partition coefficient (Wildman–Crippen LogP) is 2.64. The van der Waals surface area contributed by atoms with Crippen LogP contribution in [-0.4, -0.2) is 16.1 Å². The Morgan fingerprint density at radius 2 is 1.80 bits per heavy atom. The van der Waals surface area contributed by atoms with Gasteiger partial charge in [-0.3, -0.25) is 4.21 Å². The highest BCUT2D eigenvalue weighted by Gasteiger charge is 2.30. The van der Waals surface area contributed by atoms with Crippen LogP contribution in [0.2, 0.25) is 0 Å². The van der Waals surface area contributed by atoms with Crippen molar-refractivity contribution in [2.24, 2.45) is 0 Å². The van der Waals surface area contributed by atoms with E-state index in [2.05, 4.69) is 0 Å². The standard InChI is InChI=1S/C9H8F4OS/c10-8-4-2-1-3-7(8)5-15(14)6-9(11,12)13/h1-4H,5-6H2. The van der Waals surface area contributed by atoms with E-state index in [9.17, 15) is 21.8 Å². The zero-order valence-electron chi connectivity index (χ0n) is 7.55. The largest absolute Gasteiger partial charge is 0.400 e. The first-order chi connectivity index (χ1) is 6.88. The molecule has 1 unspecified atom stereocenters. The predicted molar refractivity (Wildman–Crippen MR) is 49.2 cm³/mol. The third-order valence-corrected chi connectivity index (χ3v) is 2.88. The quantitative estimate of drug-likeness (QED) is 0.742. The average Bonchev–Trinajstić information content (AvgIpc) is 2.05. The molecular formula is C9H8F4OS. The van der Waals surface area contributed by atoms with E-state index >= 15 is 0 Å². The molecule has 0 spiro atoms. The van der Waals surface area contributed by atoms with Gasteiger partial charge in [-0.15, -0.1) is 0 Å². The van der Waals surface area contributed by atoms with Gasteiger partial charge in [0.15, 0.2) is 0 Å². The molecule has 0 aliphatic carbocycles. The minimum absolute atomic E-state index is 0.0417. The first kappa shape index (κ1) is 12.2. The Bertz CT molecular complexity index is 361. The topological polar surface area (TPSA) is 17.1 Å². The van der Waals surface area contributed by atoms with E-state index in [0.717, 1.165) is 6.07 Å². The van der Waals surface area contributed by atoms with E-state index in [1.54, 1.807) is 0 Å². The lowest BCUT2D eigenvalue weighted by molar-refractivity contribution is -0.105. The van der Waals surface area contributed by atoms with Crippen molar-refractivity contribution in [2.75, 3.05) is 5.75 Å². The molecule has 1 atom stereocenters. The van der Waals surface area contributed by atoms with Gasteiger partial charge in [-0.05, 0) is 6.07 Å². The third kappa shape index (κ3) is 4.42. The lowest BCUT2D eigenvalue weighted by atomic mass is 10.2. The molecule has 0 bridgehead atoms. The molecule has 1 aromatic carbocycles. The van der Waals surface area contributed by atoms with Crippen molar-refractivity contribution in [2.45, 2.75) is 11.9 Å². The maximum absolute atomic E-state index is 13.0. The summed E-state index contributed by atoms with van der Waals surface area (Å²) >= 11 is 0. The Hall–Kier alpha value is -0.910. The number of alkyl halides is 3. The highest BCUT2D eigenvalue weighted by atomic mass is 32.2. The van der Waals surface area contributed by atoms with Gasteiger partial charge >= 0.3 is 6.18 Å². The zero-order chi connectivity index (χ0) is 11.5. The molecule has 15 heavy (non-hydrogen) atoms. The van der Waals surface area contributed by atoms with E-state index in [0.29, 0.717) is 0 Å². The monoisotopic (exact) mass is 240 g/mol. The summed E-state index contributed by atoms with van der Waals surface area (Å²) in [4.78, 5) is 0. The minimum atomic E-state index is -4.48. The maximum Gasteiger partial charge on any atom is 0.400 e. The summed E-state index contributed by atoms with van der Waals surface area (Å²) < 4.78 is 59.4. The Kier molecular flexibility index (Phi) is 3.84. The van der Waals surface area contributed by atoms with Crippen LogP contribution in [0.1, 0.15) is 5.56 Å². The van der Waals surface area contributed by atoms with Crippen LogP contribution in [0.3, 0.4) is 0 Å². The summed E-state index contributed by atoms with van der Waals surface area (Å²) in [5.74, 6) is -2.44. The molecular weight excluding hydrogens is 232 g/mol. The van der Waals surface area contributed by atoms with E-state index in [-0.39, 0.29) is 5.56 Å². The van der Waals surface area contributed by atoms with Gasteiger partial charge in [-0.2, -0.15) is 13.2 Å². The molecule has 6 heteroatoms. The van der Waals surface area contributed by atoms with E-state index < -0.39 is 34.3 Å². The van der Waals surface area contributed by atoms with Crippen LogP contribution in [0.4, 0.5) is 17.6 Å². The highest BCUT2D eigenvalue weighted by Crippen LogP contribution is 2.18. The number of benzene rings is 1. The van der Waals surface area contributed by atoms with Crippen LogP contribution in [0.25, 0.3) is 0 Å². The van der Waals surface area contributed by atoms with Crippen molar-refractivity contribution in [3.8, 4) is 0 Å². The van der Waals surface area contributed by atoms with Crippen LogP contribution in [-0.2, 0) is 16.6 Å². The third-order valence-electron chi connectivity index (χ3n) is 1.60. The molecule has 0 amide bonds. The lowest BCUT2D eigenvalue weighted by Gasteiger charge is -2.06. The fourth-order valence-electron chi connectivity index (χ4n) is 1.02. The van der Waals surface area contributed by atoms with Gasteiger partial charge in [-0.1, -0.05) is 18.2 Å². The summed E-state index contributed by atoms with van der Waals surface area (Å²) in [5, 5.41) is 0. The summed E-state index contributed by atoms with van der Waals surface area (Å²) in [6.45, 7) is 0. The molecule has 0 N–H and O–H groups in total. The molecule has 0 aliphatic rings. The maximum atomic E-state index is 13.0. The molecule has 1 aromatic rings. The second-order valence-corrected chi connectivity index (χ2v) is 4.39. The van der Waals surface area contributed by atoms with Crippen molar-refractivity contribution in [1.29, 1.82) is 0 Å². The van der Waals surface area contributed by atoms with Crippen LogP contribution < -0.4 is 0 Å². The molecule has 0 aromatic heterocycles. The van der Waals surface area contributed by atoms with Gasteiger partial charge in [0.1, 0.15) is 11.6 Å². The van der Waals surface area contributed by atoms with Crippen molar-refractivity contribution in [1.82, 2.24) is 0 Å². The van der Waals surface area contributed by atoms with Crippen molar-refractivity contribution >= 4 is 10.8 Å². The van der Waals surface area contributed by atoms with Crippen molar-refractivity contribution in [3.63, 3.8) is 0 Å². The van der Waals surface area contributed by atoms with Crippen LogP contribution in [0.5, 0.6) is 0 Å². The van der Waals surface area contributed by atoms with E-state index in [1.807, 2.05) is 0 Å². The molecule has 0 saturated heterocycles. The van der Waals surface area contributed by atoms with Gasteiger partial charge in [0.25, 0.3) is 0 Å². The lowest BCUT2D eigenvalue weighted by Crippen LogP contribution is -2.19. The molecule has 0 aliphatic heterocycles. The van der Waals surface area contributed by atoms with Crippen LogP contribution >= 0.6 is 0 Å². The average molecular weight is 240 g/mol. The summed E-state index contributed by atoms with van der Waals surface area (Å²) in [6.07, 6.45) is -4.48. The Balaban J connectivity index is 2.64. The molecule has 0 heterocycles. The molecule has 84 valence electrons. The van der Waals surface area contributed by atoms with Crippen LogP contribution in [0, 0.1) is 5.82 Å². The van der Waals surface area contributed by atoms with E-state index in [1.165, 1.54) is 18.2 Å². The first-order valence-electron chi connectivity index (χ1n) is 4.03.